The number of hydrogen-bond donors (Lipinski definition) is 2. The molecule has 3 aromatic rings. The fourth-order valence-corrected chi connectivity index (χ4v) is 1.74. The van der Waals surface area contributed by atoms with E-state index in [1.54, 1.807) is 36.4 Å². The molecule has 0 radical (unpaired) electrons. The van der Waals surface area contributed by atoms with Crippen LogP contribution in [-0.2, 0) is 6.61 Å². The summed E-state index contributed by atoms with van der Waals surface area (Å²) in [5.41, 5.74) is 8.01. The van der Waals surface area contributed by atoms with Crippen molar-refractivity contribution in [3.05, 3.63) is 42.0 Å². The highest BCUT2D eigenvalue weighted by molar-refractivity contribution is 5.90. The van der Waals surface area contributed by atoms with E-state index in [0.717, 1.165) is 5.56 Å². The van der Waals surface area contributed by atoms with E-state index in [0.29, 0.717) is 28.2 Å². The number of aliphatic hydroxyl groups excluding tert-OH is 1. The molecule has 0 saturated heterocycles. The van der Waals surface area contributed by atoms with Crippen molar-refractivity contribution in [2.24, 2.45) is 0 Å². The molecule has 0 saturated carbocycles. The molecule has 1 heterocycles. The fraction of sp³-hybridized carbons (Fsp3) is 0.0769. The number of rotatable bonds is 3. The highest BCUT2D eigenvalue weighted by atomic mass is 16.6. The van der Waals surface area contributed by atoms with Crippen molar-refractivity contribution in [2.75, 3.05) is 5.73 Å². The van der Waals surface area contributed by atoms with Gasteiger partial charge < -0.3 is 15.6 Å². The molecule has 2 aromatic carbocycles. The van der Waals surface area contributed by atoms with Crippen LogP contribution in [-0.4, -0.2) is 15.4 Å². The number of nitrogens with two attached hydrogens (primary N) is 1. The van der Waals surface area contributed by atoms with E-state index in [4.69, 9.17) is 15.6 Å². The Balaban J connectivity index is 1.96. The van der Waals surface area contributed by atoms with Crippen LogP contribution in [0, 0.1) is 0 Å². The predicted octanol–water partition coefficient (Wildman–Crippen LogP) is 2.09. The fourth-order valence-electron chi connectivity index (χ4n) is 1.74. The number of ether oxygens (including phenoxy) is 1. The Morgan fingerprint density at radius 2 is 1.79 bits per heavy atom. The van der Waals surface area contributed by atoms with Gasteiger partial charge in [-0.15, -0.1) is 0 Å². The van der Waals surface area contributed by atoms with Crippen LogP contribution in [0.3, 0.4) is 0 Å². The van der Waals surface area contributed by atoms with Crippen molar-refractivity contribution in [2.45, 2.75) is 6.61 Å². The Labute approximate surface area is 108 Å². The number of nitrogen functional groups attached to an aromatic ring is 1. The maximum Gasteiger partial charge on any atom is 0.179 e. The maximum absolute atomic E-state index is 8.98. The van der Waals surface area contributed by atoms with Gasteiger partial charge >= 0.3 is 0 Å². The van der Waals surface area contributed by atoms with Gasteiger partial charge in [0.2, 0.25) is 0 Å². The van der Waals surface area contributed by atoms with E-state index < -0.39 is 0 Å². The number of fused-ring (bicyclic) bond motifs is 1. The van der Waals surface area contributed by atoms with Crippen LogP contribution in [0.1, 0.15) is 5.56 Å². The first-order valence-corrected chi connectivity index (χ1v) is 5.66. The summed E-state index contributed by atoms with van der Waals surface area (Å²) in [6.45, 7) is -0.000395. The van der Waals surface area contributed by atoms with Gasteiger partial charge in [-0.3, -0.25) is 0 Å². The third kappa shape index (κ3) is 2.09. The van der Waals surface area contributed by atoms with Crippen LogP contribution in [0.2, 0.25) is 0 Å². The van der Waals surface area contributed by atoms with Gasteiger partial charge in [0.1, 0.15) is 5.75 Å². The smallest absolute Gasteiger partial charge is 0.179 e. The summed E-state index contributed by atoms with van der Waals surface area (Å²) in [7, 11) is 0. The van der Waals surface area contributed by atoms with Gasteiger partial charge in [-0.25, -0.2) is 4.63 Å². The molecule has 0 aliphatic heterocycles. The summed E-state index contributed by atoms with van der Waals surface area (Å²) in [6, 6.07) is 10.5. The lowest BCUT2D eigenvalue weighted by atomic mass is 10.2. The Morgan fingerprint density at radius 1 is 1.05 bits per heavy atom. The highest BCUT2D eigenvalue weighted by Gasteiger charge is 2.11. The van der Waals surface area contributed by atoms with Crippen LogP contribution < -0.4 is 10.5 Å². The SMILES string of the molecule is Nc1ccc(Oc2ccc(CO)cc2)c2nonc12. The van der Waals surface area contributed by atoms with E-state index in [2.05, 4.69) is 14.9 Å². The van der Waals surface area contributed by atoms with Crippen LogP contribution in [0.15, 0.2) is 41.0 Å². The van der Waals surface area contributed by atoms with E-state index in [-0.39, 0.29) is 6.61 Å². The summed E-state index contributed by atoms with van der Waals surface area (Å²) in [5, 5.41) is 16.5. The molecular weight excluding hydrogens is 246 g/mol. The lowest BCUT2D eigenvalue weighted by molar-refractivity contribution is 0.281. The van der Waals surface area contributed by atoms with Crippen molar-refractivity contribution in [1.82, 2.24) is 10.3 Å². The third-order valence-corrected chi connectivity index (χ3v) is 2.74. The van der Waals surface area contributed by atoms with Gasteiger partial charge in [0.05, 0.1) is 12.3 Å². The lowest BCUT2D eigenvalue weighted by Gasteiger charge is -2.06. The van der Waals surface area contributed by atoms with Gasteiger partial charge in [-0.2, -0.15) is 0 Å². The zero-order valence-corrected chi connectivity index (χ0v) is 9.91. The first-order chi connectivity index (χ1) is 9.28. The molecule has 1 aromatic heterocycles. The van der Waals surface area contributed by atoms with E-state index in [9.17, 15) is 0 Å². The summed E-state index contributed by atoms with van der Waals surface area (Å²) in [6.07, 6.45) is 0. The van der Waals surface area contributed by atoms with Gasteiger partial charge in [0.25, 0.3) is 0 Å². The quantitative estimate of drug-likeness (QED) is 0.698. The first kappa shape index (κ1) is 11.5. The highest BCUT2D eigenvalue weighted by Crippen LogP contribution is 2.30. The van der Waals surface area contributed by atoms with Crippen LogP contribution in [0.4, 0.5) is 5.69 Å². The molecule has 6 heteroatoms. The van der Waals surface area contributed by atoms with Crippen molar-refractivity contribution in [1.29, 1.82) is 0 Å². The minimum absolute atomic E-state index is 0.000395. The summed E-state index contributed by atoms with van der Waals surface area (Å²) >= 11 is 0. The van der Waals surface area contributed by atoms with Gasteiger partial charge in [-0.1, -0.05) is 12.1 Å². The third-order valence-electron chi connectivity index (χ3n) is 2.74. The van der Waals surface area contributed by atoms with Crippen molar-refractivity contribution >= 4 is 16.7 Å². The summed E-state index contributed by atoms with van der Waals surface area (Å²) < 4.78 is 10.4. The Hall–Kier alpha value is -2.60. The Kier molecular flexibility index (Phi) is 2.77. The van der Waals surface area contributed by atoms with E-state index >= 15 is 0 Å². The average molecular weight is 257 g/mol. The molecule has 6 nitrogen and oxygen atoms in total. The molecule has 3 N–H and O–H groups in total. The van der Waals surface area contributed by atoms with E-state index in [1.165, 1.54) is 0 Å². The lowest BCUT2D eigenvalue weighted by Crippen LogP contribution is -1.90. The van der Waals surface area contributed by atoms with Crippen LogP contribution >= 0.6 is 0 Å². The molecule has 96 valence electrons. The second kappa shape index (κ2) is 4.58. The zero-order chi connectivity index (χ0) is 13.2. The largest absolute Gasteiger partial charge is 0.455 e. The number of hydrogen-bond acceptors (Lipinski definition) is 6. The molecule has 0 atom stereocenters. The minimum atomic E-state index is -0.000395. The number of aromatic nitrogens is 2. The minimum Gasteiger partial charge on any atom is -0.455 e. The molecule has 0 bridgehead atoms. The standard InChI is InChI=1S/C13H11N3O3/c14-10-5-6-11(13-12(10)15-19-16-13)18-9-3-1-8(7-17)2-4-9/h1-6,17H,7,14H2. The normalized spacial score (nSPS) is 10.8. The molecule has 3 rings (SSSR count). The van der Waals surface area contributed by atoms with Gasteiger partial charge in [0, 0.05) is 0 Å². The molecule has 0 spiro atoms. The molecule has 19 heavy (non-hydrogen) atoms. The molecule has 0 aliphatic carbocycles. The topological polar surface area (TPSA) is 94.4 Å². The molecule has 0 unspecified atom stereocenters. The maximum atomic E-state index is 8.98. The molecule has 0 aliphatic rings. The van der Waals surface area contributed by atoms with Crippen molar-refractivity contribution in [3.63, 3.8) is 0 Å². The predicted molar refractivity (Wildman–Crippen MR) is 68.7 cm³/mol. The van der Waals surface area contributed by atoms with Crippen LogP contribution in [0.5, 0.6) is 11.5 Å². The van der Waals surface area contributed by atoms with Gasteiger partial charge in [-0.05, 0) is 40.1 Å². The average Bonchev–Trinajstić information content (AvgIpc) is 2.93. The molecule has 0 fully saturated rings. The number of nitrogens with zero attached hydrogens (tertiary/aromatic N) is 2. The number of anilines is 1. The second-order valence-electron chi connectivity index (χ2n) is 4.02. The summed E-state index contributed by atoms with van der Waals surface area (Å²) in [4.78, 5) is 0. The molecule has 0 amide bonds. The number of benzene rings is 2. The van der Waals surface area contributed by atoms with Crippen molar-refractivity contribution in [3.8, 4) is 11.5 Å². The zero-order valence-electron chi connectivity index (χ0n) is 9.91. The monoisotopic (exact) mass is 257 g/mol. The number of aliphatic hydroxyl groups is 1. The summed E-state index contributed by atoms with van der Waals surface area (Å²) in [5.74, 6) is 1.15. The van der Waals surface area contributed by atoms with E-state index in [1.807, 2.05) is 0 Å². The van der Waals surface area contributed by atoms with Crippen LogP contribution in [0.25, 0.3) is 11.0 Å². The first-order valence-electron chi connectivity index (χ1n) is 5.66. The molecular formula is C13H11N3O3. The van der Waals surface area contributed by atoms with Crippen molar-refractivity contribution < 1.29 is 14.5 Å². The second-order valence-corrected chi connectivity index (χ2v) is 4.02. The van der Waals surface area contributed by atoms with Gasteiger partial charge in [0.15, 0.2) is 16.8 Å². The Morgan fingerprint density at radius 3 is 2.53 bits per heavy atom. The Bertz CT molecular complexity index is 707.